The van der Waals surface area contributed by atoms with Gasteiger partial charge in [0.25, 0.3) is 0 Å². The van der Waals surface area contributed by atoms with Gasteiger partial charge in [0.15, 0.2) is 57.9 Å². The highest BCUT2D eigenvalue weighted by molar-refractivity contribution is 5.86. The lowest BCUT2D eigenvalue weighted by molar-refractivity contribution is 0.360. The highest BCUT2D eigenvalue weighted by Gasteiger charge is 2.24. The van der Waals surface area contributed by atoms with Gasteiger partial charge in [0, 0.05) is 33.4 Å². The zero-order valence-corrected chi connectivity index (χ0v) is 29.8. The summed E-state index contributed by atoms with van der Waals surface area (Å²) in [6.07, 6.45) is 0. The van der Waals surface area contributed by atoms with Gasteiger partial charge in [0.2, 0.25) is 0 Å². The second-order valence-electron chi connectivity index (χ2n) is 13.1. The molecule has 0 spiro atoms. The molecule has 0 aliphatic carbocycles. The molecule has 1 aliphatic rings. The van der Waals surface area contributed by atoms with Gasteiger partial charge < -0.3 is 9.47 Å². The summed E-state index contributed by atoms with van der Waals surface area (Å²) >= 11 is 0. The molecule has 10 rings (SSSR count). The monoisotopic (exact) mass is 722 g/mol. The second kappa shape index (κ2) is 14.2. The Morgan fingerprint density at radius 2 is 0.518 bits per heavy atom. The van der Waals surface area contributed by atoms with E-state index in [1.807, 2.05) is 170 Å². The van der Waals surface area contributed by atoms with E-state index in [2.05, 4.69) is 12.1 Å². The lowest BCUT2D eigenvalue weighted by atomic mass is 9.96. The first-order chi connectivity index (χ1) is 27.7. The van der Waals surface area contributed by atoms with Crippen LogP contribution < -0.4 is 9.47 Å². The van der Waals surface area contributed by atoms with E-state index in [0.29, 0.717) is 57.9 Å². The van der Waals surface area contributed by atoms with Gasteiger partial charge in [-0.05, 0) is 35.4 Å². The fourth-order valence-corrected chi connectivity index (χ4v) is 6.66. The predicted octanol–water partition coefficient (Wildman–Crippen LogP) is 11.6. The molecule has 0 saturated carbocycles. The van der Waals surface area contributed by atoms with E-state index in [4.69, 9.17) is 39.4 Å². The van der Waals surface area contributed by atoms with E-state index in [-0.39, 0.29) is 0 Å². The fraction of sp³-hybridized carbons (Fsp3) is 0. The smallest absolute Gasteiger partial charge is 0.170 e. The molecule has 0 fully saturated rings. The Bertz CT molecular complexity index is 2720. The van der Waals surface area contributed by atoms with Crippen molar-refractivity contribution >= 4 is 0 Å². The topological polar surface area (TPSA) is 95.8 Å². The van der Waals surface area contributed by atoms with Gasteiger partial charge in [0.1, 0.15) is 0 Å². The van der Waals surface area contributed by atoms with E-state index in [1.54, 1.807) is 0 Å². The van der Waals surface area contributed by atoms with Crippen molar-refractivity contribution in [2.24, 2.45) is 0 Å². The molecule has 264 valence electrons. The SMILES string of the molecule is c1ccc(-c2nc(-c3ccccc3)nc(-c3ccc(-c4cc5c(cc4-c4nc(-c6ccccc6)nc(-c6ccccc6)n4)Oc4ccccc4O5)cc3)n2)cc1. The lowest BCUT2D eigenvalue weighted by Crippen LogP contribution is -2.03. The van der Waals surface area contributed by atoms with Crippen LogP contribution in [0.15, 0.2) is 182 Å². The maximum absolute atomic E-state index is 6.41. The summed E-state index contributed by atoms with van der Waals surface area (Å²) in [5, 5.41) is 0. The number of fused-ring (bicyclic) bond motifs is 2. The summed E-state index contributed by atoms with van der Waals surface area (Å²) in [5.74, 6) is 5.83. The molecule has 0 radical (unpaired) electrons. The molecular weight excluding hydrogens is 693 g/mol. The van der Waals surface area contributed by atoms with Gasteiger partial charge in [-0.2, -0.15) is 0 Å². The quantitative estimate of drug-likeness (QED) is 0.160. The summed E-state index contributed by atoms with van der Waals surface area (Å²) in [5.41, 5.74) is 6.96. The van der Waals surface area contributed by atoms with Crippen molar-refractivity contribution in [2.75, 3.05) is 0 Å². The second-order valence-corrected chi connectivity index (χ2v) is 13.1. The Hall–Kier alpha value is -7.84. The largest absolute Gasteiger partial charge is 0.449 e. The normalized spacial score (nSPS) is 11.5. The van der Waals surface area contributed by atoms with Crippen LogP contribution in [0.5, 0.6) is 23.0 Å². The predicted molar refractivity (Wildman–Crippen MR) is 218 cm³/mol. The van der Waals surface area contributed by atoms with Crippen molar-refractivity contribution in [1.29, 1.82) is 0 Å². The number of nitrogens with zero attached hydrogens (tertiary/aromatic N) is 6. The summed E-state index contributed by atoms with van der Waals surface area (Å²) in [6.45, 7) is 0. The lowest BCUT2D eigenvalue weighted by Gasteiger charge is -2.23. The number of benzene rings is 7. The molecule has 1 aliphatic heterocycles. The average molecular weight is 723 g/mol. The zero-order chi connectivity index (χ0) is 37.3. The number of aromatic nitrogens is 6. The first-order valence-electron chi connectivity index (χ1n) is 18.2. The van der Waals surface area contributed by atoms with Crippen molar-refractivity contribution in [3.63, 3.8) is 0 Å². The highest BCUT2D eigenvalue weighted by atomic mass is 16.6. The molecule has 8 nitrogen and oxygen atoms in total. The molecule has 0 N–H and O–H groups in total. The van der Waals surface area contributed by atoms with Crippen molar-refractivity contribution in [3.05, 3.63) is 182 Å². The molecule has 0 atom stereocenters. The van der Waals surface area contributed by atoms with Crippen LogP contribution in [-0.4, -0.2) is 29.9 Å². The Kier molecular flexibility index (Phi) is 8.31. The number of hydrogen-bond donors (Lipinski definition) is 0. The van der Waals surface area contributed by atoms with Crippen LogP contribution in [0.1, 0.15) is 0 Å². The third-order valence-electron chi connectivity index (χ3n) is 9.47. The van der Waals surface area contributed by atoms with Crippen LogP contribution in [0.4, 0.5) is 0 Å². The maximum Gasteiger partial charge on any atom is 0.170 e. The minimum atomic E-state index is 0.500. The molecule has 0 bridgehead atoms. The summed E-state index contributed by atoms with van der Waals surface area (Å²) < 4.78 is 12.8. The first-order valence-corrected chi connectivity index (χ1v) is 18.2. The van der Waals surface area contributed by atoms with Crippen LogP contribution in [-0.2, 0) is 0 Å². The minimum Gasteiger partial charge on any atom is -0.449 e. The molecule has 0 saturated heterocycles. The maximum atomic E-state index is 6.41. The van der Waals surface area contributed by atoms with Gasteiger partial charge in [-0.1, -0.05) is 158 Å². The summed E-state index contributed by atoms with van der Waals surface area (Å²) in [6, 6.07) is 59.6. The van der Waals surface area contributed by atoms with Crippen LogP contribution in [0.2, 0.25) is 0 Å². The first kappa shape index (κ1) is 32.8. The number of ether oxygens (including phenoxy) is 2. The molecule has 2 aromatic heterocycles. The Morgan fingerprint density at radius 1 is 0.232 bits per heavy atom. The number of para-hydroxylation sites is 2. The Morgan fingerprint density at radius 3 is 0.893 bits per heavy atom. The standard InChI is InChI=1S/C48H30N6O2/c1-5-15-32(16-6-1)43-49-44(33-17-7-2-8-18-33)51-47(50-43)36-27-25-31(26-28-36)37-29-41-42(56-40-24-14-13-23-39(40)55-41)30-38(37)48-53-45(34-19-9-3-10-20-34)52-46(54-48)35-21-11-4-12-22-35/h1-30H. The molecule has 56 heavy (non-hydrogen) atoms. The van der Waals surface area contributed by atoms with E-state index in [9.17, 15) is 0 Å². The Labute approximate surface area is 322 Å². The molecule has 8 heteroatoms. The molecule has 0 amide bonds. The van der Waals surface area contributed by atoms with Gasteiger partial charge in [-0.15, -0.1) is 0 Å². The van der Waals surface area contributed by atoms with E-state index in [0.717, 1.165) is 44.5 Å². The van der Waals surface area contributed by atoms with Crippen LogP contribution in [0.3, 0.4) is 0 Å². The number of rotatable bonds is 7. The van der Waals surface area contributed by atoms with E-state index in [1.165, 1.54) is 0 Å². The van der Waals surface area contributed by atoms with Gasteiger partial charge in [-0.25, -0.2) is 29.9 Å². The average Bonchev–Trinajstić information content (AvgIpc) is 3.29. The third-order valence-corrected chi connectivity index (χ3v) is 9.47. The van der Waals surface area contributed by atoms with Crippen LogP contribution >= 0.6 is 0 Å². The van der Waals surface area contributed by atoms with Crippen LogP contribution in [0.25, 0.3) is 79.5 Å². The molecule has 7 aromatic carbocycles. The minimum absolute atomic E-state index is 0.500. The summed E-state index contributed by atoms with van der Waals surface area (Å²) in [4.78, 5) is 29.8. The van der Waals surface area contributed by atoms with Crippen molar-refractivity contribution < 1.29 is 9.47 Å². The van der Waals surface area contributed by atoms with Gasteiger partial charge in [0.05, 0.1) is 0 Å². The van der Waals surface area contributed by atoms with E-state index >= 15 is 0 Å². The highest BCUT2D eigenvalue weighted by Crippen LogP contribution is 2.49. The zero-order valence-electron chi connectivity index (χ0n) is 29.8. The Balaban J connectivity index is 1.13. The fourth-order valence-electron chi connectivity index (χ4n) is 6.66. The van der Waals surface area contributed by atoms with Crippen molar-refractivity contribution in [2.45, 2.75) is 0 Å². The molecule has 3 heterocycles. The van der Waals surface area contributed by atoms with Crippen molar-refractivity contribution in [1.82, 2.24) is 29.9 Å². The third kappa shape index (κ3) is 6.41. The van der Waals surface area contributed by atoms with E-state index < -0.39 is 0 Å². The molecular formula is C48H30N6O2. The van der Waals surface area contributed by atoms with Gasteiger partial charge in [-0.3, -0.25) is 0 Å². The van der Waals surface area contributed by atoms with Crippen molar-refractivity contribution in [3.8, 4) is 102 Å². The molecule has 9 aromatic rings. The van der Waals surface area contributed by atoms with Crippen LogP contribution in [0, 0.1) is 0 Å². The molecule has 0 unspecified atom stereocenters. The van der Waals surface area contributed by atoms with Gasteiger partial charge >= 0.3 is 0 Å². The number of hydrogen-bond acceptors (Lipinski definition) is 8. The summed E-state index contributed by atoms with van der Waals surface area (Å²) in [7, 11) is 0.